The lowest BCUT2D eigenvalue weighted by molar-refractivity contribution is 0.103. The molecule has 0 aliphatic rings. The number of hydrogen-bond donors (Lipinski definition) is 0. The predicted molar refractivity (Wildman–Crippen MR) is 94.8 cm³/mol. The molecule has 0 aliphatic heterocycles. The van der Waals surface area contributed by atoms with Crippen LogP contribution in [0.2, 0.25) is 10.0 Å². The number of rotatable bonds is 6. The van der Waals surface area contributed by atoms with Crippen molar-refractivity contribution in [2.24, 2.45) is 0 Å². The van der Waals surface area contributed by atoms with Crippen LogP contribution in [0.3, 0.4) is 0 Å². The molecule has 2 aromatic rings. The zero-order chi connectivity index (χ0) is 15.9. The summed E-state index contributed by atoms with van der Waals surface area (Å²) in [6.45, 7) is 0.488. The number of allylic oxidation sites excluding steroid dienone is 1. The maximum atomic E-state index is 12.4. The highest BCUT2D eigenvalue weighted by atomic mass is 79.9. The fraction of sp³-hybridized carbons (Fsp3) is 0.118. The summed E-state index contributed by atoms with van der Waals surface area (Å²) in [7, 11) is 0. The van der Waals surface area contributed by atoms with E-state index < -0.39 is 0 Å². The smallest absolute Gasteiger partial charge is 0.194 e. The molecule has 0 unspecified atom stereocenters. The molecule has 2 nitrogen and oxygen atoms in total. The summed E-state index contributed by atoms with van der Waals surface area (Å²) in [6.07, 6.45) is 3.88. The highest BCUT2D eigenvalue weighted by Gasteiger charge is 2.13. The summed E-state index contributed by atoms with van der Waals surface area (Å²) in [6, 6.07) is 11.8. The van der Waals surface area contributed by atoms with Gasteiger partial charge >= 0.3 is 0 Å². The Morgan fingerprint density at radius 3 is 2.45 bits per heavy atom. The minimum absolute atomic E-state index is 0.146. The van der Waals surface area contributed by atoms with Crippen molar-refractivity contribution in [1.29, 1.82) is 0 Å². The number of carbonyl (C=O) groups is 1. The van der Waals surface area contributed by atoms with Crippen LogP contribution in [-0.2, 0) is 0 Å². The summed E-state index contributed by atoms with van der Waals surface area (Å²) in [5.74, 6) is 0.561. The summed E-state index contributed by atoms with van der Waals surface area (Å²) in [5.41, 5.74) is 0.979. The number of hydrogen-bond acceptors (Lipinski definition) is 2. The van der Waals surface area contributed by atoms with Crippen molar-refractivity contribution in [3.8, 4) is 5.75 Å². The highest BCUT2D eigenvalue weighted by Crippen LogP contribution is 2.24. The van der Waals surface area contributed by atoms with Gasteiger partial charge in [0.15, 0.2) is 5.78 Å². The Bertz CT molecular complexity index is 682. The molecule has 0 aliphatic carbocycles. The summed E-state index contributed by atoms with van der Waals surface area (Å²) >= 11 is 15.2. The quantitative estimate of drug-likeness (QED) is 0.361. The number of benzene rings is 2. The molecule has 0 saturated heterocycles. The third-order valence-corrected chi connectivity index (χ3v) is 3.82. The molecular weight excluding hydrogens is 387 g/mol. The first-order valence-electron chi connectivity index (χ1n) is 6.55. The van der Waals surface area contributed by atoms with Gasteiger partial charge in [0.1, 0.15) is 12.4 Å². The van der Waals surface area contributed by atoms with Crippen LogP contribution in [0.1, 0.15) is 15.9 Å². The Morgan fingerprint density at radius 1 is 1.09 bits per heavy atom. The molecule has 0 amide bonds. The van der Waals surface area contributed by atoms with Gasteiger partial charge in [-0.25, -0.2) is 0 Å². The molecule has 2 aromatic carbocycles. The van der Waals surface area contributed by atoms with E-state index in [4.69, 9.17) is 27.9 Å². The number of alkyl halides is 1. The summed E-state index contributed by atoms with van der Waals surface area (Å²) in [5, 5.41) is 1.64. The highest BCUT2D eigenvalue weighted by molar-refractivity contribution is 9.09. The minimum atomic E-state index is -0.146. The second-order valence-corrected chi connectivity index (χ2v) is 5.91. The van der Waals surface area contributed by atoms with Gasteiger partial charge in [0.05, 0.1) is 5.02 Å². The van der Waals surface area contributed by atoms with E-state index in [9.17, 15) is 4.79 Å². The van der Waals surface area contributed by atoms with Crippen molar-refractivity contribution >= 4 is 44.9 Å². The lowest BCUT2D eigenvalue weighted by Crippen LogP contribution is -2.02. The third kappa shape index (κ3) is 4.60. The largest absolute Gasteiger partial charge is 0.490 e. The molecule has 0 atom stereocenters. The lowest BCUT2D eigenvalue weighted by Gasteiger charge is -2.06. The van der Waals surface area contributed by atoms with Gasteiger partial charge in [0, 0.05) is 21.5 Å². The Morgan fingerprint density at radius 2 is 1.82 bits per heavy atom. The molecule has 0 N–H and O–H groups in total. The molecular formula is C17H13BrCl2O2. The van der Waals surface area contributed by atoms with E-state index in [1.54, 1.807) is 42.5 Å². The van der Waals surface area contributed by atoms with Gasteiger partial charge in [-0.3, -0.25) is 4.79 Å². The Kier molecular flexibility index (Phi) is 6.49. The van der Waals surface area contributed by atoms with Crippen LogP contribution in [0.4, 0.5) is 0 Å². The fourth-order valence-corrected chi connectivity index (χ4v) is 2.57. The van der Waals surface area contributed by atoms with Crippen molar-refractivity contribution in [1.82, 2.24) is 0 Å². The second kappa shape index (κ2) is 8.37. The number of ether oxygens (including phenoxy) is 1. The second-order valence-electron chi connectivity index (χ2n) is 4.41. The first-order chi connectivity index (χ1) is 10.6. The van der Waals surface area contributed by atoms with Gasteiger partial charge in [0.25, 0.3) is 0 Å². The minimum Gasteiger partial charge on any atom is -0.490 e. The van der Waals surface area contributed by atoms with Crippen molar-refractivity contribution < 1.29 is 9.53 Å². The molecule has 5 heteroatoms. The zero-order valence-corrected chi connectivity index (χ0v) is 14.7. The van der Waals surface area contributed by atoms with Gasteiger partial charge in [-0.1, -0.05) is 51.3 Å². The standard InChI is InChI=1S/C17H13BrCl2O2/c18-9-1-2-10-22-14-6-3-12(4-7-14)17(21)15-8-5-13(19)11-16(15)20/h1-8,11H,9-10H2/b2-1+. The Hall–Kier alpha value is -1.29. The average molecular weight is 400 g/mol. The van der Waals surface area contributed by atoms with Crippen molar-refractivity contribution in [3.05, 3.63) is 75.8 Å². The van der Waals surface area contributed by atoms with Gasteiger partial charge < -0.3 is 4.74 Å². The van der Waals surface area contributed by atoms with Crippen LogP contribution in [0.15, 0.2) is 54.6 Å². The third-order valence-electron chi connectivity index (χ3n) is 2.89. The molecule has 114 valence electrons. The van der Waals surface area contributed by atoms with Crippen LogP contribution in [0, 0.1) is 0 Å². The van der Waals surface area contributed by atoms with Gasteiger partial charge in [-0.2, -0.15) is 0 Å². The molecule has 22 heavy (non-hydrogen) atoms. The van der Waals surface area contributed by atoms with Crippen LogP contribution in [-0.4, -0.2) is 17.7 Å². The van der Waals surface area contributed by atoms with Crippen molar-refractivity contribution in [2.75, 3.05) is 11.9 Å². The maximum absolute atomic E-state index is 12.4. The maximum Gasteiger partial charge on any atom is 0.194 e. The zero-order valence-electron chi connectivity index (χ0n) is 11.6. The van der Waals surface area contributed by atoms with Gasteiger partial charge in [-0.05, 0) is 42.5 Å². The van der Waals surface area contributed by atoms with E-state index in [1.807, 2.05) is 12.2 Å². The molecule has 0 heterocycles. The number of ketones is 1. The molecule has 2 rings (SSSR count). The van der Waals surface area contributed by atoms with E-state index in [-0.39, 0.29) is 5.78 Å². The predicted octanol–water partition coefficient (Wildman–Crippen LogP) is 5.55. The molecule has 0 bridgehead atoms. The first-order valence-corrected chi connectivity index (χ1v) is 8.43. The fourth-order valence-electron chi connectivity index (χ4n) is 1.81. The van der Waals surface area contributed by atoms with Gasteiger partial charge in [-0.15, -0.1) is 0 Å². The molecule has 0 fully saturated rings. The number of halogens is 3. The molecule has 0 saturated carbocycles. The molecule has 0 spiro atoms. The van der Waals surface area contributed by atoms with Crippen LogP contribution < -0.4 is 4.74 Å². The SMILES string of the molecule is O=C(c1ccc(OC/C=C/CBr)cc1)c1ccc(Cl)cc1Cl. The topological polar surface area (TPSA) is 26.3 Å². The van der Waals surface area contributed by atoms with E-state index in [2.05, 4.69) is 15.9 Å². The van der Waals surface area contributed by atoms with Crippen LogP contribution in [0.5, 0.6) is 5.75 Å². The van der Waals surface area contributed by atoms with E-state index in [0.717, 1.165) is 5.33 Å². The van der Waals surface area contributed by atoms with E-state index >= 15 is 0 Å². The van der Waals surface area contributed by atoms with E-state index in [1.165, 1.54) is 0 Å². The summed E-state index contributed by atoms with van der Waals surface area (Å²) in [4.78, 5) is 12.4. The summed E-state index contributed by atoms with van der Waals surface area (Å²) < 4.78 is 5.53. The Balaban J connectivity index is 2.09. The average Bonchev–Trinajstić information content (AvgIpc) is 2.52. The van der Waals surface area contributed by atoms with Gasteiger partial charge in [0.2, 0.25) is 0 Å². The van der Waals surface area contributed by atoms with Crippen molar-refractivity contribution in [2.45, 2.75) is 0 Å². The van der Waals surface area contributed by atoms with Crippen molar-refractivity contribution in [3.63, 3.8) is 0 Å². The van der Waals surface area contributed by atoms with E-state index in [0.29, 0.717) is 33.5 Å². The molecule has 0 aromatic heterocycles. The monoisotopic (exact) mass is 398 g/mol. The first kappa shape index (κ1) is 17.1. The molecule has 0 radical (unpaired) electrons. The Labute approximate surface area is 147 Å². The number of carbonyl (C=O) groups excluding carboxylic acids is 1. The lowest BCUT2D eigenvalue weighted by atomic mass is 10.0. The van der Waals surface area contributed by atoms with Crippen LogP contribution in [0.25, 0.3) is 0 Å². The van der Waals surface area contributed by atoms with Crippen LogP contribution >= 0.6 is 39.1 Å². The normalized spacial score (nSPS) is 10.9.